The zero-order valence-corrected chi connectivity index (χ0v) is 21.3. The van der Waals surface area contributed by atoms with E-state index in [1.54, 1.807) is 16.8 Å². The van der Waals surface area contributed by atoms with Gasteiger partial charge in [0.1, 0.15) is 21.8 Å². The molecule has 0 atom stereocenters. The second-order valence-corrected chi connectivity index (χ2v) is 10.1. The van der Waals surface area contributed by atoms with Crippen LogP contribution >= 0.6 is 11.3 Å². The van der Waals surface area contributed by atoms with Gasteiger partial charge in [0, 0.05) is 17.6 Å². The van der Waals surface area contributed by atoms with Crippen molar-refractivity contribution < 1.29 is 14.3 Å². The maximum absolute atomic E-state index is 13.5. The van der Waals surface area contributed by atoms with Crippen molar-refractivity contribution >= 4 is 44.9 Å². The molecule has 0 saturated carbocycles. The monoisotopic (exact) mass is 505 g/mol. The summed E-state index contributed by atoms with van der Waals surface area (Å²) in [6, 6.07) is 5.09. The van der Waals surface area contributed by atoms with Gasteiger partial charge in [-0.15, -0.1) is 11.3 Å². The number of amides is 1. The number of aromatic nitrogens is 3. The number of nitrogens with zero attached hydrogens (tertiary/aromatic N) is 3. The van der Waals surface area contributed by atoms with Crippen LogP contribution in [-0.2, 0) is 24.1 Å². The standard InChI is InChI=1S/C26H27N5O4S/c1-4-11-30-20(27)16(13-17-22(30)28-21-14(2)8-7-12-31(21)25(17)33)23(32)29-24-19(26(34)35-3)15-9-5-6-10-18(15)36-24/h7-8,12-13,27H,4-6,9-11H2,1-3H3,(H,29,32). The molecule has 0 bridgehead atoms. The Kier molecular flexibility index (Phi) is 6.21. The second kappa shape index (κ2) is 9.34. The van der Waals surface area contributed by atoms with Crippen molar-refractivity contribution in [3.05, 3.63) is 67.4 Å². The summed E-state index contributed by atoms with van der Waals surface area (Å²) in [6.07, 6.45) is 5.96. The van der Waals surface area contributed by atoms with E-state index >= 15 is 0 Å². The molecule has 0 unspecified atom stereocenters. The number of hydrogen-bond acceptors (Lipinski definition) is 7. The van der Waals surface area contributed by atoms with E-state index in [0.717, 1.165) is 41.7 Å². The van der Waals surface area contributed by atoms with E-state index in [1.165, 1.54) is 28.9 Å². The highest BCUT2D eigenvalue weighted by Crippen LogP contribution is 2.38. The smallest absolute Gasteiger partial charge is 0.341 e. The molecule has 5 rings (SSSR count). The average molecular weight is 506 g/mol. The molecule has 0 spiro atoms. The van der Waals surface area contributed by atoms with Crippen LogP contribution in [0.5, 0.6) is 0 Å². The maximum Gasteiger partial charge on any atom is 0.341 e. The van der Waals surface area contributed by atoms with Crippen molar-refractivity contribution in [2.45, 2.75) is 52.5 Å². The highest BCUT2D eigenvalue weighted by Gasteiger charge is 2.28. The number of methoxy groups -OCH3 is 1. The topological polar surface area (TPSA) is 119 Å². The van der Waals surface area contributed by atoms with Crippen molar-refractivity contribution in [3.63, 3.8) is 0 Å². The molecule has 1 amide bonds. The van der Waals surface area contributed by atoms with Gasteiger partial charge in [0.2, 0.25) is 0 Å². The van der Waals surface area contributed by atoms with Gasteiger partial charge in [0.05, 0.1) is 23.6 Å². The minimum Gasteiger partial charge on any atom is -0.465 e. The summed E-state index contributed by atoms with van der Waals surface area (Å²) in [5.41, 5.74) is 2.76. The fraction of sp³-hybridized carbons (Fsp3) is 0.346. The van der Waals surface area contributed by atoms with Gasteiger partial charge in [-0.3, -0.25) is 19.4 Å². The van der Waals surface area contributed by atoms with Crippen LogP contribution < -0.4 is 16.4 Å². The van der Waals surface area contributed by atoms with Crippen molar-refractivity contribution in [2.24, 2.45) is 0 Å². The van der Waals surface area contributed by atoms with Crippen LogP contribution in [0.25, 0.3) is 16.7 Å². The molecule has 1 aliphatic rings. The Morgan fingerprint density at radius 3 is 2.78 bits per heavy atom. The highest BCUT2D eigenvalue weighted by molar-refractivity contribution is 7.17. The van der Waals surface area contributed by atoms with E-state index in [1.807, 2.05) is 19.9 Å². The average Bonchev–Trinajstić information content (AvgIpc) is 3.23. The number of aryl methyl sites for hydroxylation is 3. The molecule has 0 saturated heterocycles. The normalized spacial score (nSPS) is 13.1. The fourth-order valence-corrected chi connectivity index (χ4v) is 6.13. The van der Waals surface area contributed by atoms with E-state index in [4.69, 9.17) is 15.1 Å². The first-order chi connectivity index (χ1) is 17.3. The lowest BCUT2D eigenvalue weighted by Gasteiger charge is -2.15. The zero-order valence-electron chi connectivity index (χ0n) is 20.4. The van der Waals surface area contributed by atoms with Crippen LogP contribution in [-0.4, -0.2) is 32.9 Å². The summed E-state index contributed by atoms with van der Waals surface area (Å²) in [5.74, 6) is -1.04. The van der Waals surface area contributed by atoms with Crippen LogP contribution in [0.3, 0.4) is 0 Å². The van der Waals surface area contributed by atoms with Crippen LogP contribution in [0.4, 0.5) is 5.00 Å². The molecule has 4 aromatic rings. The first kappa shape index (κ1) is 23.9. The van der Waals surface area contributed by atoms with Crippen LogP contribution in [0.15, 0.2) is 29.2 Å². The van der Waals surface area contributed by atoms with Gasteiger partial charge < -0.3 is 14.6 Å². The molecule has 36 heavy (non-hydrogen) atoms. The van der Waals surface area contributed by atoms with Crippen LogP contribution in [0.1, 0.15) is 62.9 Å². The SMILES string of the molecule is CCCn1c(=N)c(C(=O)Nc2sc3c(c2C(=O)OC)CCCC3)cc2c(=O)n3cccc(C)c3nc21. The molecule has 4 heterocycles. The minimum absolute atomic E-state index is 0.0346. The highest BCUT2D eigenvalue weighted by atomic mass is 32.1. The Balaban J connectivity index is 1.68. The number of rotatable bonds is 5. The first-order valence-electron chi connectivity index (χ1n) is 12.0. The quantitative estimate of drug-likeness (QED) is 0.316. The van der Waals surface area contributed by atoms with Gasteiger partial charge >= 0.3 is 5.97 Å². The molecule has 1 aliphatic carbocycles. The van der Waals surface area contributed by atoms with Crippen LogP contribution in [0.2, 0.25) is 0 Å². The lowest BCUT2D eigenvalue weighted by Crippen LogP contribution is -2.32. The Bertz CT molecular complexity index is 1660. The number of nitrogens with one attached hydrogen (secondary N) is 2. The van der Waals surface area contributed by atoms with Gasteiger partial charge in [-0.2, -0.15) is 0 Å². The van der Waals surface area contributed by atoms with Gasteiger partial charge in [0.15, 0.2) is 0 Å². The number of pyridine rings is 2. The Labute approximate surface area is 210 Å². The van der Waals surface area contributed by atoms with Crippen molar-refractivity contribution in [1.29, 1.82) is 5.41 Å². The summed E-state index contributed by atoms with van der Waals surface area (Å²) in [4.78, 5) is 45.3. The number of anilines is 1. The Hall–Kier alpha value is -3.79. The summed E-state index contributed by atoms with van der Waals surface area (Å²) in [7, 11) is 1.33. The molecule has 0 fully saturated rings. The predicted octanol–water partition coefficient (Wildman–Crippen LogP) is 3.83. The molecule has 0 aliphatic heterocycles. The molecule has 0 radical (unpaired) electrons. The number of fused-ring (bicyclic) bond motifs is 3. The number of thiophene rings is 1. The molecule has 9 nitrogen and oxygen atoms in total. The molecule has 0 aromatic carbocycles. The number of hydrogen-bond donors (Lipinski definition) is 2. The molecule has 4 aromatic heterocycles. The zero-order chi connectivity index (χ0) is 25.6. The van der Waals surface area contributed by atoms with E-state index in [-0.39, 0.29) is 22.0 Å². The number of carbonyl (C=O) groups excluding carboxylic acids is 2. The lowest BCUT2D eigenvalue weighted by molar-refractivity contribution is 0.0601. The largest absolute Gasteiger partial charge is 0.465 e. The first-order valence-corrected chi connectivity index (χ1v) is 12.8. The third-order valence-corrected chi connectivity index (χ3v) is 7.82. The van der Waals surface area contributed by atoms with E-state index in [2.05, 4.69) is 5.32 Å². The lowest BCUT2D eigenvalue weighted by atomic mass is 9.95. The van der Waals surface area contributed by atoms with Crippen LogP contribution in [0, 0.1) is 12.3 Å². The van der Waals surface area contributed by atoms with Gasteiger partial charge in [0.25, 0.3) is 11.5 Å². The Morgan fingerprint density at radius 2 is 2.03 bits per heavy atom. The summed E-state index contributed by atoms with van der Waals surface area (Å²) < 4.78 is 8.08. The summed E-state index contributed by atoms with van der Waals surface area (Å²) >= 11 is 1.38. The predicted molar refractivity (Wildman–Crippen MR) is 138 cm³/mol. The molecule has 2 N–H and O–H groups in total. The third-order valence-electron chi connectivity index (χ3n) is 6.61. The Morgan fingerprint density at radius 1 is 1.25 bits per heavy atom. The number of carbonyl (C=O) groups is 2. The molecular formula is C26H27N5O4S. The maximum atomic E-state index is 13.5. The minimum atomic E-state index is -0.552. The number of ether oxygens (including phenoxy) is 1. The van der Waals surface area contributed by atoms with Gasteiger partial charge in [-0.1, -0.05) is 13.0 Å². The third kappa shape index (κ3) is 3.81. The van der Waals surface area contributed by atoms with E-state index in [0.29, 0.717) is 34.8 Å². The van der Waals surface area contributed by atoms with Gasteiger partial charge in [-0.05, 0) is 62.3 Å². The van der Waals surface area contributed by atoms with Crippen molar-refractivity contribution in [2.75, 3.05) is 12.4 Å². The summed E-state index contributed by atoms with van der Waals surface area (Å²) in [5, 5.41) is 12.4. The second-order valence-electron chi connectivity index (χ2n) is 8.96. The van der Waals surface area contributed by atoms with Gasteiger partial charge in [-0.25, -0.2) is 9.78 Å². The fourth-order valence-electron chi connectivity index (χ4n) is 4.85. The van der Waals surface area contributed by atoms with Crippen molar-refractivity contribution in [3.8, 4) is 0 Å². The number of esters is 1. The molecular weight excluding hydrogens is 478 g/mol. The van der Waals surface area contributed by atoms with Crippen molar-refractivity contribution in [1.82, 2.24) is 14.0 Å². The van der Waals surface area contributed by atoms with E-state index in [9.17, 15) is 14.4 Å². The molecule has 186 valence electrons. The molecule has 10 heteroatoms. The summed E-state index contributed by atoms with van der Waals surface area (Å²) in [6.45, 7) is 4.26. The van der Waals surface area contributed by atoms with E-state index < -0.39 is 11.9 Å².